The number of hydrogen-bond donors (Lipinski definition) is 1. The quantitative estimate of drug-likeness (QED) is 0.290. The Labute approximate surface area is 181 Å². The number of halogens is 3. The summed E-state index contributed by atoms with van der Waals surface area (Å²) in [6.45, 7) is 2.18. The molecule has 0 atom stereocenters. The van der Waals surface area contributed by atoms with E-state index in [0.717, 1.165) is 22.6 Å². The molecule has 9 heteroatoms. The van der Waals surface area contributed by atoms with Crippen LogP contribution in [0.2, 0.25) is 0 Å². The van der Waals surface area contributed by atoms with Crippen LogP contribution in [0.25, 0.3) is 22.4 Å². The van der Waals surface area contributed by atoms with Crippen LogP contribution in [0.15, 0.2) is 51.9 Å². The first-order valence-electron chi connectivity index (χ1n) is 9.77. The Morgan fingerprint density at radius 1 is 1.16 bits per heavy atom. The van der Waals surface area contributed by atoms with Gasteiger partial charge in [-0.15, -0.1) is 11.8 Å². The Morgan fingerprint density at radius 3 is 2.65 bits per heavy atom. The van der Waals surface area contributed by atoms with Gasteiger partial charge in [0.1, 0.15) is 0 Å². The summed E-state index contributed by atoms with van der Waals surface area (Å²) >= 11 is 1.57. The third-order valence-corrected chi connectivity index (χ3v) is 5.89. The molecular formula is C22H21F3N4OS. The zero-order valence-electron chi connectivity index (χ0n) is 17.0. The molecule has 0 radical (unpaired) electrons. The van der Waals surface area contributed by atoms with Gasteiger partial charge < -0.3 is 14.8 Å². The molecule has 0 fully saturated rings. The normalized spacial score (nSPS) is 12.0. The molecular weight excluding hydrogens is 425 g/mol. The first-order valence-corrected chi connectivity index (χ1v) is 11.0. The number of aryl methyl sites for hydroxylation is 1. The second kappa shape index (κ2) is 8.30. The SMILES string of the molecule is CCCc1cc2c(C(F)(F)F)c(N)ccc2n1Cc1noc(-c2ccccc2SC)n1. The molecule has 0 aliphatic rings. The van der Waals surface area contributed by atoms with Gasteiger partial charge in [0, 0.05) is 27.2 Å². The number of hydrogen-bond acceptors (Lipinski definition) is 5. The number of nitrogens with two attached hydrogens (primary N) is 1. The highest BCUT2D eigenvalue weighted by atomic mass is 32.2. The third-order valence-electron chi connectivity index (χ3n) is 5.10. The van der Waals surface area contributed by atoms with Crippen molar-refractivity contribution in [3.63, 3.8) is 0 Å². The Hall–Kier alpha value is -2.94. The van der Waals surface area contributed by atoms with E-state index in [1.807, 2.05) is 42.0 Å². The highest BCUT2D eigenvalue weighted by Crippen LogP contribution is 2.40. The zero-order chi connectivity index (χ0) is 22.2. The molecule has 4 rings (SSSR count). The molecule has 0 amide bonds. The van der Waals surface area contributed by atoms with E-state index in [1.165, 1.54) is 6.07 Å². The van der Waals surface area contributed by atoms with Crippen molar-refractivity contribution in [2.24, 2.45) is 0 Å². The van der Waals surface area contributed by atoms with E-state index in [0.29, 0.717) is 23.7 Å². The number of alkyl halides is 3. The highest BCUT2D eigenvalue weighted by molar-refractivity contribution is 7.98. The number of thioether (sulfide) groups is 1. The minimum Gasteiger partial charge on any atom is -0.398 e. The predicted molar refractivity (Wildman–Crippen MR) is 116 cm³/mol. The van der Waals surface area contributed by atoms with Crippen molar-refractivity contribution in [3.05, 3.63) is 59.5 Å². The summed E-state index contributed by atoms with van der Waals surface area (Å²) in [5.74, 6) is 0.778. The van der Waals surface area contributed by atoms with E-state index in [9.17, 15) is 13.2 Å². The lowest BCUT2D eigenvalue weighted by molar-refractivity contribution is -0.135. The number of nitrogens with zero attached hydrogens (tertiary/aromatic N) is 3. The molecule has 0 bridgehead atoms. The molecule has 31 heavy (non-hydrogen) atoms. The van der Waals surface area contributed by atoms with E-state index >= 15 is 0 Å². The van der Waals surface area contributed by atoms with Crippen molar-refractivity contribution in [1.82, 2.24) is 14.7 Å². The molecule has 0 spiro atoms. The average Bonchev–Trinajstić information content (AvgIpc) is 3.32. The lowest BCUT2D eigenvalue weighted by Crippen LogP contribution is -2.10. The van der Waals surface area contributed by atoms with Crippen molar-refractivity contribution in [3.8, 4) is 11.5 Å². The summed E-state index contributed by atoms with van der Waals surface area (Å²) in [5, 5.41) is 4.17. The maximum atomic E-state index is 13.7. The number of aromatic nitrogens is 3. The van der Waals surface area contributed by atoms with Crippen molar-refractivity contribution < 1.29 is 17.7 Å². The van der Waals surface area contributed by atoms with Gasteiger partial charge in [-0.05, 0) is 43.0 Å². The molecule has 2 N–H and O–H groups in total. The molecule has 0 aliphatic heterocycles. The molecule has 162 valence electrons. The summed E-state index contributed by atoms with van der Waals surface area (Å²) in [5.41, 5.74) is 6.64. The molecule has 0 aliphatic carbocycles. The van der Waals surface area contributed by atoms with E-state index in [4.69, 9.17) is 10.3 Å². The van der Waals surface area contributed by atoms with Crippen LogP contribution in [0, 0.1) is 0 Å². The number of benzene rings is 2. The summed E-state index contributed by atoms with van der Waals surface area (Å²) in [7, 11) is 0. The Balaban J connectivity index is 1.78. The van der Waals surface area contributed by atoms with E-state index in [-0.39, 0.29) is 17.6 Å². The number of nitrogen functional groups attached to an aromatic ring is 1. The maximum absolute atomic E-state index is 13.7. The molecule has 2 aromatic carbocycles. The van der Waals surface area contributed by atoms with E-state index in [1.54, 1.807) is 23.9 Å². The lowest BCUT2D eigenvalue weighted by Gasteiger charge is -2.12. The second-order valence-electron chi connectivity index (χ2n) is 7.15. The van der Waals surface area contributed by atoms with Crippen LogP contribution in [0.1, 0.15) is 30.4 Å². The van der Waals surface area contributed by atoms with Crippen LogP contribution in [0.4, 0.5) is 18.9 Å². The zero-order valence-corrected chi connectivity index (χ0v) is 17.8. The first-order chi connectivity index (χ1) is 14.8. The van der Waals surface area contributed by atoms with Crippen molar-refractivity contribution >= 4 is 28.4 Å². The second-order valence-corrected chi connectivity index (χ2v) is 8.00. The summed E-state index contributed by atoms with van der Waals surface area (Å²) < 4.78 is 48.3. The van der Waals surface area contributed by atoms with Crippen LogP contribution in [-0.4, -0.2) is 21.0 Å². The molecule has 2 aromatic heterocycles. The fourth-order valence-electron chi connectivity index (χ4n) is 3.76. The van der Waals surface area contributed by atoms with Gasteiger partial charge in [0.05, 0.1) is 17.7 Å². The van der Waals surface area contributed by atoms with Gasteiger partial charge in [-0.25, -0.2) is 0 Å². The minimum atomic E-state index is -4.54. The topological polar surface area (TPSA) is 69.9 Å². The average molecular weight is 446 g/mol. The number of rotatable bonds is 6. The Bertz CT molecular complexity index is 1230. The maximum Gasteiger partial charge on any atom is 0.419 e. The molecule has 0 unspecified atom stereocenters. The van der Waals surface area contributed by atoms with Crippen LogP contribution in [-0.2, 0) is 19.1 Å². The van der Waals surface area contributed by atoms with Gasteiger partial charge in [-0.1, -0.05) is 30.6 Å². The number of anilines is 1. The summed E-state index contributed by atoms with van der Waals surface area (Å²) in [6, 6.07) is 12.2. The van der Waals surface area contributed by atoms with Crippen LogP contribution >= 0.6 is 11.8 Å². The first kappa shape index (κ1) is 21.3. The fourth-order valence-corrected chi connectivity index (χ4v) is 4.35. The van der Waals surface area contributed by atoms with Crippen LogP contribution in [0.5, 0.6) is 0 Å². The van der Waals surface area contributed by atoms with Crippen molar-refractivity contribution in [2.45, 2.75) is 37.4 Å². The predicted octanol–water partition coefficient (Wildman–Crippen LogP) is 6.02. The molecule has 0 saturated heterocycles. The monoisotopic (exact) mass is 446 g/mol. The Morgan fingerprint density at radius 2 is 1.94 bits per heavy atom. The van der Waals surface area contributed by atoms with Gasteiger partial charge in [-0.2, -0.15) is 18.2 Å². The largest absolute Gasteiger partial charge is 0.419 e. The van der Waals surface area contributed by atoms with Crippen LogP contribution < -0.4 is 5.73 Å². The number of fused-ring (bicyclic) bond motifs is 1. The highest BCUT2D eigenvalue weighted by Gasteiger charge is 2.36. The third kappa shape index (κ3) is 4.01. The molecule has 5 nitrogen and oxygen atoms in total. The summed E-state index contributed by atoms with van der Waals surface area (Å²) in [6.07, 6.45) is -1.18. The lowest BCUT2D eigenvalue weighted by atomic mass is 10.1. The molecule has 4 aromatic rings. The molecule has 0 saturated carbocycles. The summed E-state index contributed by atoms with van der Waals surface area (Å²) in [4.78, 5) is 5.50. The standard InChI is InChI=1S/C22H21F3N4OS/c1-3-6-13-11-15-17(10-9-16(26)20(15)22(23,24)25)29(13)12-19-27-21(30-28-19)14-7-4-5-8-18(14)31-2/h4-5,7-11H,3,6,12,26H2,1-2H3. The van der Waals surface area contributed by atoms with Gasteiger partial charge in [0.2, 0.25) is 0 Å². The Kier molecular flexibility index (Phi) is 5.70. The minimum absolute atomic E-state index is 0.0902. The van der Waals surface area contributed by atoms with Gasteiger partial charge in [-0.3, -0.25) is 0 Å². The smallest absolute Gasteiger partial charge is 0.398 e. The molecule has 2 heterocycles. The van der Waals surface area contributed by atoms with Crippen molar-refractivity contribution in [1.29, 1.82) is 0 Å². The fraction of sp³-hybridized carbons (Fsp3) is 0.273. The van der Waals surface area contributed by atoms with E-state index in [2.05, 4.69) is 10.1 Å². The van der Waals surface area contributed by atoms with Gasteiger partial charge >= 0.3 is 6.18 Å². The van der Waals surface area contributed by atoms with Crippen LogP contribution in [0.3, 0.4) is 0 Å². The van der Waals surface area contributed by atoms with E-state index < -0.39 is 11.7 Å². The van der Waals surface area contributed by atoms with Gasteiger partial charge in [0.15, 0.2) is 5.82 Å². The van der Waals surface area contributed by atoms with Gasteiger partial charge in [0.25, 0.3) is 5.89 Å². The van der Waals surface area contributed by atoms with Crippen molar-refractivity contribution in [2.75, 3.05) is 12.0 Å².